The summed E-state index contributed by atoms with van der Waals surface area (Å²) in [4.78, 5) is 0. The largest absolute Gasteiger partial charge is 1.00 e. The number of ether oxygens (including phenoxy) is 1. The maximum absolute atomic E-state index is 5.65. The molecule has 0 spiro atoms. The van der Waals surface area contributed by atoms with Crippen LogP contribution in [-0.4, -0.2) is 17.8 Å². The first-order chi connectivity index (χ1) is 18.8. The average molecular weight is 639 g/mol. The fourth-order valence-corrected chi connectivity index (χ4v) is 5.42. The molecule has 0 fully saturated rings. The number of rotatable bonds is 17. The topological polar surface area (TPSA) is 18.0 Å². The van der Waals surface area contributed by atoms with E-state index < -0.39 is 0 Å². The van der Waals surface area contributed by atoms with Crippen LogP contribution < -0.4 is 28.5 Å². The van der Waals surface area contributed by atoms with Crippen LogP contribution in [0.4, 0.5) is 0 Å². The van der Waals surface area contributed by atoms with Crippen molar-refractivity contribution in [3.8, 4) is 0 Å². The zero-order chi connectivity index (χ0) is 26.4. The van der Waals surface area contributed by atoms with E-state index in [9.17, 15) is 0 Å². The fourth-order valence-electron chi connectivity index (χ4n) is 5.42. The third-order valence-electron chi connectivity index (χ3n) is 7.61. The van der Waals surface area contributed by atoms with Gasteiger partial charge >= 0.3 is 0 Å². The number of benzene rings is 2. The fraction of sp³-hybridized carbons (Fsp3) is 0.457. The summed E-state index contributed by atoms with van der Waals surface area (Å²) in [5.41, 5.74) is 5.02. The Labute approximate surface area is 253 Å². The molecule has 4 rings (SSSR count). The highest BCUT2D eigenvalue weighted by molar-refractivity contribution is 6.08. The smallest absolute Gasteiger partial charge is 0.169 e. The zero-order valence-corrected chi connectivity index (χ0v) is 26.2. The van der Waals surface area contributed by atoms with Crippen molar-refractivity contribution < 1.29 is 33.3 Å². The number of para-hydroxylation sites is 1. The SMILES string of the molecule is CCCCCCCCCCCC[n+]1ccc(/C=C/c2ccc3c(c2)c2ccccc2n3CCOCC)cc1.[I-]. The molecule has 0 saturated carbocycles. The summed E-state index contributed by atoms with van der Waals surface area (Å²) < 4.78 is 10.4. The number of aryl methyl sites for hydroxylation is 1. The van der Waals surface area contributed by atoms with Gasteiger partial charge in [-0.15, -0.1) is 0 Å². The zero-order valence-electron chi connectivity index (χ0n) is 24.1. The minimum absolute atomic E-state index is 0. The molecule has 0 saturated heterocycles. The minimum Gasteiger partial charge on any atom is -1.00 e. The second-order valence-electron chi connectivity index (χ2n) is 10.5. The van der Waals surface area contributed by atoms with Crippen molar-refractivity contribution in [2.45, 2.75) is 91.1 Å². The Hall–Kier alpha value is -2.18. The van der Waals surface area contributed by atoms with Gasteiger partial charge in [0.15, 0.2) is 12.4 Å². The molecular weight excluding hydrogens is 591 g/mol. The molecule has 39 heavy (non-hydrogen) atoms. The lowest BCUT2D eigenvalue weighted by Gasteiger charge is -2.07. The molecule has 2 aromatic carbocycles. The molecule has 0 aliphatic heterocycles. The highest BCUT2D eigenvalue weighted by Gasteiger charge is 2.10. The summed E-state index contributed by atoms with van der Waals surface area (Å²) in [6, 6.07) is 20.0. The van der Waals surface area contributed by atoms with Crippen molar-refractivity contribution in [3.63, 3.8) is 0 Å². The van der Waals surface area contributed by atoms with Crippen LogP contribution in [0.3, 0.4) is 0 Å². The molecule has 0 aliphatic carbocycles. The second kappa shape index (κ2) is 17.5. The molecule has 0 atom stereocenters. The monoisotopic (exact) mass is 638 g/mol. The number of nitrogens with zero attached hydrogens (tertiary/aromatic N) is 2. The summed E-state index contributed by atoms with van der Waals surface area (Å²) in [5, 5.41) is 2.61. The standard InChI is InChI=1S/C35H47N2O.HI/c1-3-5-6-7-8-9-10-11-12-15-24-36-25-22-30(23-26-36)18-19-31-20-21-35-33(29-31)32-16-13-14-17-34(32)37(35)27-28-38-4-2;/h13-14,16-23,25-26,29H,3-12,15,24,27-28H2,1-2H3;1H/q+1;/p-1. The molecule has 2 aromatic heterocycles. The lowest BCUT2D eigenvalue weighted by atomic mass is 10.1. The molecule has 0 unspecified atom stereocenters. The number of unbranched alkanes of at least 4 members (excludes halogenated alkanes) is 9. The molecule has 0 amide bonds. The van der Waals surface area contributed by atoms with Crippen LogP contribution in [0.25, 0.3) is 34.0 Å². The van der Waals surface area contributed by atoms with Gasteiger partial charge in [0, 0.05) is 53.5 Å². The van der Waals surface area contributed by atoms with E-state index in [1.165, 1.54) is 97.1 Å². The van der Waals surface area contributed by atoms with Gasteiger partial charge in [-0.2, -0.15) is 0 Å². The van der Waals surface area contributed by atoms with E-state index in [-0.39, 0.29) is 24.0 Å². The van der Waals surface area contributed by atoms with Crippen LogP contribution in [0.15, 0.2) is 67.0 Å². The van der Waals surface area contributed by atoms with E-state index >= 15 is 0 Å². The first kappa shape index (κ1) is 31.3. The van der Waals surface area contributed by atoms with Gasteiger partial charge in [-0.05, 0) is 42.7 Å². The Morgan fingerprint density at radius 1 is 0.692 bits per heavy atom. The van der Waals surface area contributed by atoms with Crippen LogP contribution in [0, 0.1) is 0 Å². The van der Waals surface area contributed by atoms with Gasteiger partial charge < -0.3 is 33.3 Å². The number of pyridine rings is 1. The Kier molecular flexibility index (Phi) is 14.1. The van der Waals surface area contributed by atoms with Crippen LogP contribution in [0.2, 0.25) is 0 Å². The molecule has 0 aliphatic rings. The van der Waals surface area contributed by atoms with E-state index in [1.807, 2.05) is 0 Å². The lowest BCUT2D eigenvalue weighted by molar-refractivity contribution is -0.697. The number of halogens is 1. The predicted octanol–water partition coefficient (Wildman–Crippen LogP) is 6.21. The molecule has 4 aromatic rings. The summed E-state index contributed by atoms with van der Waals surface area (Å²) in [6.07, 6.45) is 22.7. The predicted molar refractivity (Wildman–Crippen MR) is 163 cm³/mol. The summed E-state index contributed by atoms with van der Waals surface area (Å²) in [5.74, 6) is 0. The highest BCUT2D eigenvalue weighted by Crippen LogP contribution is 2.30. The van der Waals surface area contributed by atoms with Gasteiger partial charge in [-0.1, -0.05) is 94.7 Å². The first-order valence-corrected chi connectivity index (χ1v) is 15.1. The third kappa shape index (κ3) is 9.46. The van der Waals surface area contributed by atoms with Crippen molar-refractivity contribution in [2.75, 3.05) is 13.2 Å². The highest BCUT2D eigenvalue weighted by atomic mass is 127. The number of fused-ring (bicyclic) bond motifs is 3. The average Bonchev–Trinajstić information content (AvgIpc) is 3.26. The van der Waals surface area contributed by atoms with Gasteiger partial charge in [-0.3, -0.25) is 0 Å². The van der Waals surface area contributed by atoms with E-state index in [2.05, 4.69) is 102 Å². The van der Waals surface area contributed by atoms with E-state index in [0.29, 0.717) is 0 Å². The first-order valence-electron chi connectivity index (χ1n) is 15.1. The molecule has 0 radical (unpaired) electrons. The number of aromatic nitrogens is 2. The van der Waals surface area contributed by atoms with Crippen molar-refractivity contribution in [3.05, 3.63) is 78.1 Å². The van der Waals surface area contributed by atoms with Crippen LogP contribution >= 0.6 is 0 Å². The second-order valence-corrected chi connectivity index (χ2v) is 10.5. The summed E-state index contributed by atoms with van der Waals surface area (Å²) >= 11 is 0. The number of hydrogen-bond acceptors (Lipinski definition) is 1. The minimum atomic E-state index is 0. The van der Waals surface area contributed by atoms with Crippen molar-refractivity contribution in [1.82, 2.24) is 4.57 Å². The van der Waals surface area contributed by atoms with Gasteiger partial charge in [0.25, 0.3) is 0 Å². The van der Waals surface area contributed by atoms with E-state index in [0.717, 1.165) is 26.3 Å². The molecule has 0 bridgehead atoms. The molecular formula is C35H47IN2O. The van der Waals surface area contributed by atoms with Crippen LogP contribution in [-0.2, 0) is 17.8 Å². The van der Waals surface area contributed by atoms with Crippen molar-refractivity contribution >= 4 is 34.0 Å². The third-order valence-corrected chi connectivity index (χ3v) is 7.61. The summed E-state index contributed by atoms with van der Waals surface area (Å²) in [6.45, 7) is 7.82. The lowest BCUT2D eigenvalue weighted by Crippen LogP contribution is -3.00. The Bertz CT molecular complexity index is 1280. The normalized spacial score (nSPS) is 11.5. The summed E-state index contributed by atoms with van der Waals surface area (Å²) in [7, 11) is 0. The number of hydrogen-bond donors (Lipinski definition) is 0. The van der Waals surface area contributed by atoms with Gasteiger partial charge in [0.1, 0.15) is 6.54 Å². The maximum Gasteiger partial charge on any atom is 0.169 e. The quantitative estimate of drug-likeness (QED) is 0.0764. The van der Waals surface area contributed by atoms with E-state index in [4.69, 9.17) is 4.74 Å². The molecule has 3 nitrogen and oxygen atoms in total. The Morgan fingerprint density at radius 3 is 2.05 bits per heavy atom. The van der Waals surface area contributed by atoms with Crippen molar-refractivity contribution in [1.29, 1.82) is 0 Å². The Balaban J connectivity index is 0.00000420. The van der Waals surface area contributed by atoms with Crippen LogP contribution in [0.1, 0.15) is 89.2 Å². The van der Waals surface area contributed by atoms with Gasteiger partial charge in [0.05, 0.1) is 6.61 Å². The molecule has 4 heteroatoms. The van der Waals surface area contributed by atoms with Crippen LogP contribution in [0.5, 0.6) is 0 Å². The van der Waals surface area contributed by atoms with Crippen molar-refractivity contribution in [2.24, 2.45) is 0 Å². The molecule has 0 N–H and O–H groups in total. The van der Waals surface area contributed by atoms with Gasteiger partial charge in [-0.25, -0.2) is 4.57 Å². The maximum atomic E-state index is 5.65. The Morgan fingerprint density at radius 2 is 1.33 bits per heavy atom. The van der Waals surface area contributed by atoms with E-state index in [1.54, 1.807) is 0 Å². The molecule has 210 valence electrons. The van der Waals surface area contributed by atoms with Gasteiger partial charge in [0.2, 0.25) is 0 Å². The molecule has 2 heterocycles.